The second-order valence-corrected chi connectivity index (χ2v) is 4.84. The van der Waals surface area contributed by atoms with Gasteiger partial charge in [0, 0.05) is 18.5 Å². The van der Waals surface area contributed by atoms with Crippen molar-refractivity contribution in [3.63, 3.8) is 0 Å². The highest BCUT2D eigenvalue weighted by molar-refractivity contribution is 14.1. The van der Waals surface area contributed by atoms with Crippen molar-refractivity contribution in [2.24, 2.45) is 0 Å². The van der Waals surface area contributed by atoms with Gasteiger partial charge in [-0.1, -0.05) is 0 Å². The lowest BCUT2D eigenvalue weighted by Gasteiger charge is -2.16. The quantitative estimate of drug-likeness (QED) is 0.809. The molecule has 0 radical (unpaired) electrons. The maximum atomic E-state index is 11.1. The molecule has 0 saturated heterocycles. The van der Waals surface area contributed by atoms with Gasteiger partial charge in [-0.25, -0.2) is 4.79 Å². The highest BCUT2D eigenvalue weighted by Crippen LogP contribution is 2.37. The van der Waals surface area contributed by atoms with E-state index in [0.29, 0.717) is 21.6 Å². The second kappa shape index (κ2) is 5.52. The van der Waals surface area contributed by atoms with Gasteiger partial charge in [-0.15, -0.1) is 0 Å². The van der Waals surface area contributed by atoms with E-state index in [2.05, 4.69) is 0 Å². The van der Waals surface area contributed by atoms with Crippen LogP contribution in [0.4, 0.5) is 0 Å². The van der Waals surface area contributed by atoms with E-state index >= 15 is 0 Å². The Morgan fingerprint density at radius 1 is 1.42 bits per heavy atom. The third-order valence-corrected chi connectivity index (χ3v) is 3.59. The Morgan fingerprint density at radius 2 is 2.05 bits per heavy atom. The summed E-state index contributed by atoms with van der Waals surface area (Å²) in [5.41, 5.74) is 0.471. The number of aromatic carboxylic acids is 1. The molecule has 0 fully saturated rings. The lowest BCUT2D eigenvalue weighted by atomic mass is 10.1. The van der Waals surface area contributed by atoms with Gasteiger partial charge in [-0.2, -0.15) is 0 Å². The number of hydrogen-bond acceptors (Lipinski definition) is 3. The molecule has 0 amide bonds. The fraction of sp³-hybridized carbons (Fsp3) is 0.154. The first-order valence-corrected chi connectivity index (χ1v) is 6.69. The molecule has 2 N–H and O–H groups in total. The summed E-state index contributed by atoms with van der Waals surface area (Å²) in [5.74, 6) is -1.01. The Labute approximate surface area is 123 Å². The Bertz CT molecular complexity index is 608. The Morgan fingerprint density at radius 3 is 2.58 bits per heavy atom. The van der Waals surface area contributed by atoms with Gasteiger partial charge < -0.3 is 19.5 Å². The first-order chi connectivity index (χ1) is 9.06. The van der Waals surface area contributed by atoms with Crippen molar-refractivity contribution >= 4 is 28.6 Å². The van der Waals surface area contributed by atoms with Crippen LogP contribution in [-0.4, -0.2) is 27.4 Å². The Balaban J connectivity index is 2.71. The predicted octanol–water partition coefficient (Wildman–Crippen LogP) is 2.88. The highest BCUT2D eigenvalue weighted by Gasteiger charge is 2.21. The molecule has 2 aromatic rings. The fourth-order valence-corrected chi connectivity index (χ4v) is 2.59. The number of carbonyl (C=O) groups is 1. The number of nitrogens with zero attached hydrogens (tertiary/aromatic N) is 1. The van der Waals surface area contributed by atoms with Crippen molar-refractivity contribution in [1.29, 1.82) is 0 Å². The van der Waals surface area contributed by atoms with Crippen LogP contribution in [-0.2, 0) is 0 Å². The molecule has 0 aliphatic heterocycles. The molecule has 0 bridgehead atoms. The van der Waals surface area contributed by atoms with E-state index in [1.165, 1.54) is 6.07 Å². The van der Waals surface area contributed by atoms with Gasteiger partial charge >= 0.3 is 5.97 Å². The molecule has 1 heterocycles. The SMILES string of the molecule is CCOc1cc(C(=O)O)c(O)c(I)c1-n1cccc1. The topological polar surface area (TPSA) is 71.7 Å². The van der Waals surface area contributed by atoms with Crippen molar-refractivity contribution in [3.05, 3.63) is 39.7 Å². The van der Waals surface area contributed by atoms with Crippen LogP contribution in [0.2, 0.25) is 0 Å². The zero-order valence-corrected chi connectivity index (χ0v) is 12.3. The van der Waals surface area contributed by atoms with Crippen LogP contribution in [0.25, 0.3) is 5.69 Å². The van der Waals surface area contributed by atoms with Crippen LogP contribution in [0, 0.1) is 3.57 Å². The van der Waals surface area contributed by atoms with Crippen molar-refractivity contribution < 1.29 is 19.7 Å². The standard InChI is InChI=1S/C13H12INO4/c1-2-19-9-7-8(13(17)18)12(16)10(14)11(9)15-5-3-4-6-15/h3-7,16H,2H2,1H3,(H,17,18). The average molecular weight is 373 g/mol. The summed E-state index contributed by atoms with van der Waals surface area (Å²) < 4.78 is 7.71. The summed E-state index contributed by atoms with van der Waals surface area (Å²) in [7, 11) is 0. The zero-order valence-electron chi connectivity index (χ0n) is 10.1. The number of halogens is 1. The maximum absolute atomic E-state index is 11.1. The third-order valence-electron chi connectivity index (χ3n) is 2.57. The number of aromatic hydroxyl groups is 1. The number of ether oxygens (including phenoxy) is 1. The molecule has 100 valence electrons. The van der Waals surface area contributed by atoms with Crippen LogP contribution in [0.1, 0.15) is 17.3 Å². The van der Waals surface area contributed by atoms with Crippen LogP contribution in [0.15, 0.2) is 30.6 Å². The normalized spacial score (nSPS) is 10.4. The summed E-state index contributed by atoms with van der Waals surface area (Å²) in [6, 6.07) is 5.03. The van der Waals surface area contributed by atoms with Gasteiger partial charge in [0.25, 0.3) is 0 Å². The zero-order chi connectivity index (χ0) is 14.0. The summed E-state index contributed by atoms with van der Waals surface area (Å²) in [4.78, 5) is 11.1. The minimum absolute atomic E-state index is 0.163. The van der Waals surface area contributed by atoms with Crippen molar-refractivity contribution in [3.8, 4) is 17.2 Å². The molecule has 2 rings (SSSR count). The summed E-state index contributed by atoms with van der Waals surface area (Å²) in [6.45, 7) is 2.23. The minimum Gasteiger partial charge on any atom is -0.506 e. The van der Waals surface area contributed by atoms with Gasteiger partial charge in [0.15, 0.2) is 0 Å². The van der Waals surface area contributed by atoms with Gasteiger partial charge in [-0.05, 0) is 41.6 Å². The van der Waals surface area contributed by atoms with Crippen LogP contribution in [0.3, 0.4) is 0 Å². The summed E-state index contributed by atoms with van der Waals surface area (Å²) >= 11 is 1.92. The van der Waals surface area contributed by atoms with Crippen LogP contribution >= 0.6 is 22.6 Å². The van der Waals surface area contributed by atoms with Crippen molar-refractivity contribution in [2.45, 2.75) is 6.92 Å². The van der Waals surface area contributed by atoms with Gasteiger partial charge in [0.2, 0.25) is 0 Å². The molecular weight excluding hydrogens is 361 g/mol. The molecule has 0 spiro atoms. The number of carboxylic acids is 1. The molecule has 0 aliphatic carbocycles. The second-order valence-electron chi connectivity index (χ2n) is 3.76. The largest absolute Gasteiger partial charge is 0.506 e. The number of phenols is 1. The average Bonchev–Trinajstić information content (AvgIpc) is 2.87. The molecule has 19 heavy (non-hydrogen) atoms. The number of benzene rings is 1. The predicted molar refractivity (Wildman–Crippen MR) is 78.3 cm³/mol. The van der Waals surface area contributed by atoms with E-state index < -0.39 is 5.97 Å². The monoisotopic (exact) mass is 373 g/mol. The number of rotatable bonds is 4. The molecule has 0 saturated carbocycles. The fourth-order valence-electron chi connectivity index (χ4n) is 1.76. The van der Waals surface area contributed by atoms with Gasteiger partial charge in [0.1, 0.15) is 22.7 Å². The van der Waals surface area contributed by atoms with E-state index in [1.807, 2.05) is 41.6 Å². The molecule has 1 aromatic carbocycles. The van der Waals surface area contributed by atoms with Crippen LogP contribution < -0.4 is 4.74 Å². The molecular formula is C13H12INO4. The molecule has 0 atom stereocenters. The van der Waals surface area contributed by atoms with E-state index in [1.54, 1.807) is 17.0 Å². The Hall–Kier alpha value is -1.70. The number of aromatic nitrogens is 1. The number of hydrogen-bond donors (Lipinski definition) is 2. The van der Waals surface area contributed by atoms with Crippen molar-refractivity contribution in [1.82, 2.24) is 4.57 Å². The van der Waals surface area contributed by atoms with E-state index in [4.69, 9.17) is 9.84 Å². The van der Waals surface area contributed by atoms with Gasteiger partial charge in [-0.3, -0.25) is 0 Å². The molecule has 0 unspecified atom stereocenters. The van der Waals surface area contributed by atoms with E-state index in [9.17, 15) is 9.90 Å². The number of carboxylic acid groups (broad SMARTS) is 1. The first kappa shape index (κ1) is 13.7. The lowest BCUT2D eigenvalue weighted by molar-refractivity contribution is 0.0693. The molecule has 0 aliphatic rings. The van der Waals surface area contributed by atoms with Gasteiger partial charge in [0.05, 0.1) is 10.2 Å². The van der Waals surface area contributed by atoms with E-state index in [0.717, 1.165) is 0 Å². The Kier molecular flexibility index (Phi) is 3.98. The summed E-state index contributed by atoms with van der Waals surface area (Å²) in [5, 5.41) is 19.1. The lowest BCUT2D eigenvalue weighted by Crippen LogP contribution is -2.06. The maximum Gasteiger partial charge on any atom is 0.339 e. The summed E-state index contributed by atoms with van der Waals surface area (Å²) in [6.07, 6.45) is 3.61. The minimum atomic E-state index is -1.18. The first-order valence-electron chi connectivity index (χ1n) is 5.61. The smallest absolute Gasteiger partial charge is 0.339 e. The highest BCUT2D eigenvalue weighted by atomic mass is 127. The van der Waals surface area contributed by atoms with Crippen LogP contribution in [0.5, 0.6) is 11.5 Å². The third kappa shape index (κ3) is 2.53. The molecule has 1 aromatic heterocycles. The molecule has 6 heteroatoms. The molecule has 5 nitrogen and oxygen atoms in total. The van der Waals surface area contributed by atoms with E-state index in [-0.39, 0.29) is 11.3 Å². The van der Waals surface area contributed by atoms with Crippen molar-refractivity contribution in [2.75, 3.05) is 6.61 Å².